The molecule has 2 aliphatic heterocycles. The van der Waals surface area contributed by atoms with Gasteiger partial charge in [0.2, 0.25) is 0 Å². The molecule has 2 aromatic carbocycles. The summed E-state index contributed by atoms with van der Waals surface area (Å²) in [6, 6.07) is 14.0. The third-order valence-electron chi connectivity index (χ3n) is 7.46. The van der Waals surface area contributed by atoms with E-state index in [4.69, 9.17) is 9.84 Å². The van der Waals surface area contributed by atoms with Crippen molar-refractivity contribution < 1.29 is 17.5 Å². The Kier molecular flexibility index (Phi) is 8.04. The second-order valence-corrected chi connectivity index (χ2v) is 12.4. The Hall–Kier alpha value is -3.62. The molecular formula is C28H33FN6O3S. The molecule has 9 nitrogen and oxygen atoms in total. The van der Waals surface area contributed by atoms with Crippen molar-refractivity contribution in [2.24, 2.45) is 5.92 Å². The zero-order valence-corrected chi connectivity index (χ0v) is 22.8. The average Bonchev–Trinajstić information content (AvgIpc) is 3.18. The molecule has 206 valence electrons. The fraction of sp³-hybridized carbons (Fsp3) is 0.429. The number of ether oxygens (including phenoxy) is 1. The van der Waals surface area contributed by atoms with Gasteiger partial charge in [-0.05, 0) is 62.5 Å². The predicted molar refractivity (Wildman–Crippen MR) is 150 cm³/mol. The van der Waals surface area contributed by atoms with Crippen LogP contribution in [-0.2, 0) is 9.84 Å². The fourth-order valence-corrected chi connectivity index (χ4v) is 6.38. The maximum absolute atomic E-state index is 14.6. The number of sulfone groups is 1. The topological polar surface area (TPSA) is 112 Å². The first kappa shape index (κ1) is 27.0. The van der Waals surface area contributed by atoms with E-state index < -0.39 is 15.7 Å². The van der Waals surface area contributed by atoms with Crippen LogP contribution in [0.15, 0.2) is 42.5 Å². The van der Waals surface area contributed by atoms with Crippen LogP contribution >= 0.6 is 0 Å². The highest BCUT2D eigenvalue weighted by Crippen LogP contribution is 2.34. The van der Waals surface area contributed by atoms with E-state index in [2.05, 4.69) is 10.6 Å². The minimum Gasteiger partial charge on any atom is -0.494 e. The van der Waals surface area contributed by atoms with Gasteiger partial charge in [-0.3, -0.25) is 0 Å². The zero-order chi connectivity index (χ0) is 27.4. The number of nitriles is 1. The van der Waals surface area contributed by atoms with Gasteiger partial charge in [-0.15, -0.1) is 5.10 Å². The van der Waals surface area contributed by atoms with E-state index in [0.29, 0.717) is 47.5 Å². The van der Waals surface area contributed by atoms with Crippen molar-refractivity contribution in [3.63, 3.8) is 0 Å². The van der Waals surface area contributed by atoms with E-state index in [1.54, 1.807) is 17.9 Å². The van der Waals surface area contributed by atoms with E-state index in [1.807, 2.05) is 35.2 Å². The molecule has 0 saturated carbocycles. The average molecular weight is 553 g/mol. The summed E-state index contributed by atoms with van der Waals surface area (Å²) in [7, 11) is -1.42. The number of hydrogen-bond donors (Lipinski definition) is 2. The maximum atomic E-state index is 14.6. The standard InChI is InChI=1S/C28H33FN6O3S/c1-38-27-16-23(34-11-13-39(36,37)14-12-34)6-7-25(27)35-26(21-4-5-22(18-30)24(29)15-21)17-28(33-35)32-19-20-3-2-9-31-10-8-20/h4-7,15-17,20,31H,2-3,8-14,19H2,1H3,(H,32,33)/t20-/m1/s1. The molecule has 2 saturated heterocycles. The highest BCUT2D eigenvalue weighted by atomic mass is 32.2. The predicted octanol–water partition coefficient (Wildman–Crippen LogP) is 3.60. The molecule has 0 unspecified atom stereocenters. The lowest BCUT2D eigenvalue weighted by Crippen LogP contribution is -2.40. The normalized spacial score (nSPS) is 19.2. The van der Waals surface area contributed by atoms with Crippen LogP contribution in [-0.4, -0.2) is 69.5 Å². The van der Waals surface area contributed by atoms with Gasteiger partial charge in [-0.25, -0.2) is 17.5 Å². The van der Waals surface area contributed by atoms with Crippen molar-refractivity contribution in [2.45, 2.75) is 19.3 Å². The van der Waals surface area contributed by atoms with Crippen LogP contribution in [0.2, 0.25) is 0 Å². The van der Waals surface area contributed by atoms with Crippen LogP contribution in [0.5, 0.6) is 5.75 Å². The van der Waals surface area contributed by atoms with Crippen LogP contribution in [0, 0.1) is 23.1 Å². The van der Waals surface area contributed by atoms with Crippen molar-refractivity contribution >= 4 is 21.3 Å². The summed E-state index contributed by atoms with van der Waals surface area (Å²) in [5.41, 5.74) is 2.74. The number of benzene rings is 2. The molecule has 0 radical (unpaired) electrons. The lowest BCUT2D eigenvalue weighted by atomic mass is 10.0. The SMILES string of the molecule is COc1cc(N2CCS(=O)(=O)CC2)ccc1-n1nc(NC[C@@H]2CCCNCC2)cc1-c1ccc(C#N)c(F)c1. The van der Waals surface area contributed by atoms with Gasteiger partial charge in [0.25, 0.3) is 0 Å². The van der Waals surface area contributed by atoms with Gasteiger partial charge < -0.3 is 20.3 Å². The maximum Gasteiger partial charge on any atom is 0.153 e. The fourth-order valence-electron chi connectivity index (χ4n) is 5.17. The molecule has 0 amide bonds. The number of nitrogens with one attached hydrogen (secondary N) is 2. The van der Waals surface area contributed by atoms with E-state index in [1.165, 1.54) is 12.1 Å². The van der Waals surface area contributed by atoms with Gasteiger partial charge in [-0.2, -0.15) is 5.26 Å². The number of halogens is 1. The second-order valence-electron chi connectivity index (χ2n) is 10.1. The van der Waals surface area contributed by atoms with Gasteiger partial charge in [0.15, 0.2) is 9.84 Å². The van der Waals surface area contributed by atoms with Crippen LogP contribution in [0.1, 0.15) is 24.8 Å². The minimum atomic E-state index is -3.00. The Morgan fingerprint density at radius 2 is 1.97 bits per heavy atom. The number of nitrogens with zero attached hydrogens (tertiary/aromatic N) is 4. The summed E-state index contributed by atoms with van der Waals surface area (Å²) in [5.74, 6) is 1.40. The van der Waals surface area contributed by atoms with Crippen molar-refractivity contribution in [1.82, 2.24) is 15.1 Å². The Balaban J connectivity index is 1.49. The summed E-state index contributed by atoms with van der Waals surface area (Å²) in [6.07, 6.45) is 3.37. The molecule has 3 heterocycles. The Morgan fingerprint density at radius 1 is 1.15 bits per heavy atom. The summed E-state index contributed by atoms with van der Waals surface area (Å²) >= 11 is 0. The molecule has 3 aromatic rings. The first-order chi connectivity index (χ1) is 18.9. The van der Waals surface area contributed by atoms with E-state index in [-0.39, 0.29) is 17.1 Å². The van der Waals surface area contributed by atoms with Gasteiger partial charge in [0.1, 0.15) is 29.1 Å². The first-order valence-electron chi connectivity index (χ1n) is 13.3. The summed E-state index contributed by atoms with van der Waals surface area (Å²) in [5, 5.41) is 20.9. The van der Waals surface area contributed by atoms with Crippen LogP contribution in [0.25, 0.3) is 16.9 Å². The van der Waals surface area contributed by atoms with Gasteiger partial charge in [0, 0.05) is 43.0 Å². The molecule has 0 spiro atoms. The van der Waals surface area contributed by atoms with Gasteiger partial charge in [0.05, 0.1) is 29.9 Å². The van der Waals surface area contributed by atoms with Crippen molar-refractivity contribution in [2.75, 3.05) is 61.6 Å². The highest BCUT2D eigenvalue weighted by Gasteiger charge is 2.24. The van der Waals surface area contributed by atoms with Crippen LogP contribution < -0.4 is 20.3 Å². The molecular weight excluding hydrogens is 519 g/mol. The summed E-state index contributed by atoms with van der Waals surface area (Å²) in [4.78, 5) is 2.03. The van der Waals surface area contributed by atoms with Gasteiger partial charge >= 0.3 is 0 Å². The van der Waals surface area contributed by atoms with E-state index in [0.717, 1.165) is 44.6 Å². The summed E-state index contributed by atoms with van der Waals surface area (Å²) < 4.78 is 45.9. The number of aromatic nitrogens is 2. The second kappa shape index (κ2) is 11.6. The molecule has 39 heavy (non-hydrogen) atoms. The molecule has 1 atom stereocenters. The largest absolute Gasteiger partial charge is 0.494 e. The molecule has 2 fully saturated rings. The molecule has 2 N–H and O–H groups in total. The molecule has 0 aliphatic carbocycles. The number of rotatable bonds is 7. The lowest BCUT2D eigenvalue weighted by molar-refractivity contribution is 0.412. The number of hydrogen-bond acceptors (Lipinski definition) is 8. The molecule has 2 aliphatic rings. The molecule has 5 rings (SSSR count). The Bertz CT molecular complexity index is 1460. The quantitative estimate of drug-likeness (QED) is 0.457. The van der Waals surface area contributed by atoms with Crippen molar-refractivity contribution in [3.8, 4) is 28.8 Å². The Labute approximate surface area is 228 Å². The highest BCUT2D eigenvalue weighted by molar-refractivity contribution is 7.91. The van der Waals surface area contributed by atoms with Crippen molar-refractivity contribution in [3.05, 3.63) is 53.8 Å². The van der Waals surface area contributed by atoms with E-state index in [9.17, 15) is 18.1 Å². The smallest absolute Gasteiger partial charge is 0.153 e. The monoisotopic (exact) mass is 552 g/mol. The van der Waals surface area contributed by atoms with Crippen LogP contribution in [0.4, 0.5) is 15.9 Å². The van der Waals surface area contributed by atoms with Gasteiger partial charge in [-0.1, -0.05) is 6.07 Å². The lowest BCUT2D eigenvalue weighted by Gasteiger charge is -2.29. The molecule has 1 aromatic heterocycles. The third kappa shape index (κ3) is 6.18. The minimum absolute atomic E-state index is 0.0179. The first-order valence-corrected chi connectivity index (χ1v) is 15.1. The zero-order valence-electron chi connectivity index (χ0n) is 22.0. The Morgan fingerprint density at radius 3 is 2.72 bits per heavy atom. The number of methoxy groups -OCH3 is 1. The molecule has 11 heteroatoms. The number of anilines is 2. The van der Waals surface area contributed by atoms with Crippen molar-refractivity contribution in [1.29, 1.82) is 5.26 Å². The third-order valence-corrected chi connectivity index (χ3v) is 9.07. The van der Waals surface area contributed by atoms with E-state index >= 15 is 0 Å². The van der Waals surface area contributed by atoms with Crippen LogP contribution in [0.3, 0.4) is 0 Å². The molecule has 0 bridgehead atoms. The summed E-state index contributed by atoms with van der Waals surface area (Å²) in [6.45, 7) is 3.68.